The Morgan fingerprint density at radius 2 is 1.91 bits per heavy atom. The van der Waals surface area contributed by atoms with Crippen LogP contribution < -0.4 is 10.7 Å². The van der Waals surface area contributed by atoms with E-state index in [4.69, 9.17) is 0 Å². The lowest BCUT2D eigenvalue weighted by atomic mass is 9.94. The number of hydrazone groups is 1. The van der Waals surface area contributed by atoms with E-state index in [9.17, 15) is 9.59 Å². The number of nitrogens with zero attached hydrogens (tertiary/aromatic N) is 1. The lowest BCUT2D eigenvalue weighted by molar-refractivity contribution is -0.122. The molecule has 0 spiro atoms. The maximum Gasteiger partial charge on any atom is 0.240 e. The van der Waals surface area contributed by atoms with Gasteiger partial charge in [0.2, 0.25) is 11.8 Å². The topological polar surface area (TPSA) is 70.6 Å². The van der Waals surface area contributed by atoms with Gasteiger partial charge in [0.1, 0.15) is 0 Å². The summed E-state index contributed by atoms with van der Waals surface area (Å²) < 4.78 is 0. The lowest BCUT2D eigenvalue weighted by Crippen LogP contribution is -2.31. The molecule has 0 aromatic heterocycles. The molecule has 0 saturated heterocycles. The minimum atomic E-state index is -0.0447. The van der Waals surface area contributed by atoms with Crippen LogP contribution in [0.25, 0.3) is 0 Å². The predicted octanol–water partition coefficient (Wildman–Crippen LogP) is 2.68. The quantitative estimate of drug-likeness (QED) is 0.901. The van der Waals surface area contributed by atoms with Crippen molar-refractivity contribution in [2.24, 2.45) is 16.9 Å². The first-order chi connectivity index (χ1) is 10.6. The van der Waals surface area contributed by atoms with Gasteiger partial charge in [-0.2, -0.15) is 5.10 Å². The zero-order valence-electron chi connectivity index (χ0n) is 12.8. The fourth-order valence-electron chi connectivity index (χ4n) is 3.16. The maximum atomic E-state index is 12.1. The predicted molar refractivity (Wildman–Crippen MR) is 85.5 cm³/mol. The van der Waals surface area contributed by atoms with Crippen molar-refractivity contribution in [3.63, 3.8) is 0 Å². The molecule has 1 aromatic rings. The van der Waals surface area contributed by atoms with Crippen molar-refractivity contribution >= 4 is 23.2 Å². The average Bonchev–Trinajstić information content (AvgIpc) is 3.03. The Bertz CT molecular complexity index is 601. The molecular formula is C17H21N3O2. The third-order valence-electron chi connectivity index (χ3n) is 4.43. The van der Waals surface area contributed by atoms with E-state index in [1.165, 1.54) is 0 Å². The van der Waals surface area contributed by atoms with Gasteiger partial charge in [-0.25, -0.2) is 5.43 Å². The molecule has 5 heteroatoms. The molecule has 2 aliphatic rings. The number of benzene rings is 1. The number of hydrogen-bond donors (Lipinski definition) is 2. The minimum absolute atomic E-state index is 0.0447. The number of hydrogen-bond acceptors (Lipinski definition) is 3. The molecule has 22 heavy (non-hydrogen) atoms. The van der Waals surface area contributed by atoms with Crippen molar-refractivity contribution in [3.8, 4) is 0 Å². The Morgan fingerprint density at radius 3 is 2.55 bits per heavy atom. The van der Waals surface area contributed by atoms with Gasteiger partial charge in [-0.05, 0) is 30.5 Å². The highest BCUT2D eigenvalue weighted by Gasteiger charge is 2.23. The molecule has 0 radical (unpaired) electrons. The molecule has 1 aliphatic heterocycles. The van der Waals surface area contributed by atoms with Crippen LogP contribution in [0.5, 0.6) is 0 Å². The highest BCUT2D eigenvalue weighted by atomic mass is 16.2. The molecule has 3 rings (SSSR count). The number of rotatable bonds is 3. The SMILES string of the molecule is CC1CC(=O)NN=C1c1ccc(NC(=O)C2CCCC2)cc1. The van der Waals surface area contributed by atoms with E-state index in [0.717, 1.165) is 42.6 Å². The fourth-order valence-corrected chi connectivity index (χ4v) is 3.16. The standard InChI is InChI=1S/C17H21N3O2/c1-11-10-15(21)19-20-16(11)12-6-8-14(9-7-12)18-17(22)13-4-2-3-5-13/h6-9,11,13H,2-5,10H2,1H3,(H,18,22)(H,19,21). The molecule has 1 unspecified atom stereocenters. The largest absolute Gasteiger partial charge is 0.326 e. The van der Waals surface area contributed by atoms with Crippen LogP contribution >= 0.6 is 0 Å². The second-order valence-electron chi connectivity index (χ2n) is 6.19. The van der Waals surface area contributed by atoms with Crippen molar-refractivity contribution in [2.75, 3.05) is 5.32 Å². The van der Waals surface area contributed by atoms with E-state index in [2.05, 4.69) is 15.8 Å². The van der Waals surface area contributed by atoms with E-state index in [-0.39, 0.29) is 23.7 Å². The van der Waals surface area contributed by atoms with Crippen LogP contribution in [0.1, 0.15) is 44.6 Å². The summed E-state index contributed by atoms with van der Waals surface area (Å²) in [5.41, 5.74) is 5.20. The summed E-state index contributed by atoms with van der Waals surface area (Å²) in [5.74, 6) is 0.350. The summed E-state index contributed by atoms with van der Waals surface area (Å²) in [5, 5.41) is 7.13. The normalized spacial score (nSPS) is 22.1. The summed E-state index contributed by atoms with van der Waals surface area (Å²) in [6.45, 7) is 1.99. The van der Waals surface area contributed by atoms with Gasteiger partial charge in [-0.1, -0.05) is 31.9 Å². The zero-order chi connectivity index (χ0) is 15.5. The fraction of sp³-hybridized carbons (Fsp3) is 0.471. The van der Waals surface area contributed by atoms with Crippen molar-refractivity contribution in [1.82, 2.24) is 5.43 Å². The van der Waals surface area contributed by atoms with Crippen LogP contribution in [0.2, 0.25) is 0 Å². The lowest BCUT2D eigenvalue weighted by Gasteiger charge is -2.19. The Hall–Kier alpha value is -2.17. The number of carbonyl (C=O) groups excluding carboxylic acids is 2. The molecule has 1 aliphatic carbocycles. The zero-order valence-corrected chi connectivity index (χ0v) is 12.8. The van der Waals surface area contributed by atoms with Crippen molar-refractivity contribution in [3.05, 3.63) is 29.8 Å². The van der Waals surface area contributed by atoms with E-state index in [1.54, 1.807) is 0 Å². The molecular weight excluding hydrogens is 278 g/mol. The van der Waals surface area contributed by atoms with Gasteiger partial charge >= 0.3 is 0 Å². The van der Waals surface area contributed by atoms with Crippen LogP contribution in [-0.2, 0) is 9.59 Å². The first-order valence-electron chi connectivity index (χ1n) is 7.91. The third-order valence-corrected chi connectivity index (χ3v) is 4.43. The van der Waals surface area contributed by atoms with Crippen LogP contribution in [0.4, 0.5) is 5.69 Å². The highest BCUT2D eigenvalue weighted by molar-refractivity contribution is 6.06. The van der Waals surface area contributed by atoms with E-state index in [1.807, 2.05) is 31.2 Å². The van der Waals surface area contributed by atoms with Gasteiger partial charge < -0.3 is 5.32 Å². The minimum Gasteiger partial charge on any atom is -0.326 e. The Balaban J connectivity index is 1.67. The van der Waals surface area contributed by atoms with Gasteiger partial charge in [0.25, 0.3) is 0 Å². The van der Waals surface area contributed by atoms with Crippen LogP contribution in [0.3, 0.4) is 0 Å². The van der Waals surface area contributed by atoms with Gasteiger partial charge in [-0.3, -0.25) is 9.59 Å². The number of amides is 2. The first kappa shape index (κ1) is 14.8. The summed E-state index contributed by atoms with van der Waals surface area (Å²) in [4.78, 5) is 23.4. The molecule has 1 saturated carbocycles. The molecule has 1 aromatic carbocycles. The highest BCUT2D eigenvalue weighted by Crippen LogP contribution is 2.26. The Kier molecular flexibility index (Phi) is 4.22. The first-order valence-corrected chi connectivity index (χ1v) is 7.91. The van der Waals surface area contributed by atoms with Gasteiger partial charge in [0.05, 0.1) is 5.71 Å². The summed E-state index contributed by atoms with van der Waals surface area (Å²) in [7, 11) is 0. The monoisotopic (exact) mass is 299 g/mol. The van der Waals surface area contributed by atoms with Crippen molar-refractivity contribution in [1.29, 1.82) is 0 Å². The molecule has 2 N–H and O–H groups in total. The van der Waals surface area contributed by atoms with Crippen LogP contribution in [0.15, 0.2) is 29.4 Å². The third kappa shape index (κ3) is 3.18. The molecule has 1 fully saturated rings. The second-order valence-corrected chi connectivity index (χ2v) is 6.19. The molecule has 1 atom stereocenters. The molecule has 116 valence electrons. The molecule has 2 amide bonds. The Morgan fingerprint density at radius 1 is 1.23 bits per heavy atom. The number of nitrogens with one attached hydrogen (secondary N) is 2. The Labute approximate surface area is 130 Å². The summed E-state index contributed by atoms with van der Waals surface area (Å²) in [6, 6.07) is 7.68. The molecule has 0 bridgehead atoms. The van der Waals surface area contributed by atoms with Gasteiger partial charge in [0, 0.05) is 23.9 Å². The number of carbonyl (C=O) groups is 2. The van der Waals surface area contributed by atoms with E-state index >= 15 is 0 Å². The molecule has 1 heterocycles. The van der Waals surface area contributed by atoms with Crippen molar-refractivity contribution < 1.29 is 9.59 Å². The van der Waals surface area contributed by atoms with Crippen LogP contribution in [0, 0.1) is 11.8 Å². The van der Waals surface area contributed by atoms with Crippen LogP contribution in [-0.4, -0.2) is 17.5 Å². The van der Waals surface area contributed by atoms with E-state index in [0.29, 0.717) is 6.42 Å². The van der Waals surface area contributed by atoms with Gasteiger partial charge in [0.15, 0.2) is 0 Å². The summed E-state index contributed by atoms with van der Waals surface area (Å²) >= 11 is 0. The van der Waals surface area contributed by atoms with Crippen molar-refractivity contribution in [2.45, 2.75) is 39.0 Å². The van der Waals surface area contributed by atoms with E-state index < -0.39 is 0 Å². The number of anilines is 1. The van der Waals surface area contributed by atoms with Gasteiger partial charge in [-0.15, -0.1) is 0 Å². The average molecular weight is 299 g/mol. The molecule has 5 nitrogen and oxygen atoms in total. The second kappa shape index (κ2) is 6.30. The summed E-state index contributed by atoms with van der Waals surface area (Å²) in [6.07, 6.45) is 4.76. The smallest absolute Gasteiger partial charge is 0.240 e. The maximum absolute atomic E-state index is 12.1.